The molecule has 2 aliphatic rings. The van der Waals surface area contributed by atoms with Gasteiger partial charge in [-0.2, -0.15) is 0 Å². The van der Waals surface area contributed by atoms with Crippen LogP contribution in [0.1, 0.15) is 48.5 Å². The number of nitrogens with one attached hydrogen (secondary N) is 1. The lowest BCUT2D eigenvalue weighted by Crippen LogP contribution is -2.14. The van der Waals surface area contributed by atoms with Gasteiger partial charge in [-0.25, -0.2) is 0 Å². The Morgan fingerprint density at radius 1 is 1.29 bits per heavy atom. The molecule has 2 saturated carbocycles. The van der Waals surface area contributed by atoms with Crippen molar-refractivity contribution in [3.63, 3.8) is 0 Å². The van der Waals surface area contributed by atoms with Crippen LogP contribution >= 0.6 is 11.3 Å². The quantitative estimate of drug-likeness (QED) is 0.790. The lowest BCUT2D eigenvalue weighted by atomic mass is 10.1. The zero-order valence-corrected chi connectivity index (χ0v) is 11.3. The van der Waals surface area contributed by atoms with Crippen molar-refractivity contribution in [2.24, 2.45) is 11.8 Å². The third-order valence-corrected chi connectivity index (χ3v) is 5.25. The van der Waals surface area contributed by atoms with Crippen molar-refractivity contribution in [1.29, 1.82) is 0 Å². The first-order valence-electron chi connectivity index (χ1n) is 6.93. The molecule has 2 atom stereocenters. The number of nitrogens with zero attached hydrogens (tertiary/aromatic N) is 2. The summed E-state index contributed by atoms with van der Waals surface area (Å²) in [6.07, 6.45) is 6.59. The van der Waals surface area contributed by atoms with Crippen LogP contribution < -0.4 is 5.32 Å². The lowest BCUT2D eigenvalue weighted by molar-refractivity contribution is 0.665. The van der Waals surface area contributed by atoms with Crippen LogP contribution in [0.15, 0.2) is 0 Å². The summed E-state index contributed by atoms with van der Waals surface area (Å²) in [5, 5.41) is 14.7. The van der Waals surface area contributed by atoms with Gasteiger partial charge >= 0.3 is 0 Å². The fourth-order valence-corrected chi connectivity index (χ4v) is 4.37. The van der Waals surface area contributed by atoms with E-state index in [0.29, 0.717) is 0 Å². The maximum Gasteiger partial charge on any atom is 0.121 e. The van der Waals surface area contributed by atoms with E-state index in [9.17, 15) is 0 Å². The zero-order chi connectivity index (χ0) is 11.7. The number of rotatable bonds is 6. The Morgan fingerprint density at radius 3 is 2.88 bits per heavy atom. The summed E-state index contributed by atoms with van der Waals surface area (Å²) >= 11 is 1.87. The average Bonchev–Trinajstić information content (AvgIpc) is 2.77. The Bertz CT molecular complexity index is 366. The molecule has 1 N–H and O–H groups in total. The molecule has 0 aliphatic heterocycles. The molecule has 17 heavy (non-hydrogen) atoms. The molecule has 0 amide bonds. The summed E-state index contributed by atoms with van der Waals surface area (Å²) in [6, 6.07) is 0. The van der Waals surface area contributed by atoms with Crippen molar-refractivity contribution in [3.05, 3.63) is 10.0 Å². The molecule has 3 nitrogen and oxygen atoms in total. The highest BCUT2D eigenvalue weighted by atomic mass is 32.1. The van der Waals surface area contributed by atoms with Crippen molar-refractivity contribution >= 4 is 11.3 Å². The molecule has 94 valence electrons. The molecule has 3 rings (SSSR count). The lowest BCUT2D eigenvalue weighted by Gasteiger charge is -1.98. The molecule has 2 aliphatic carbocycles. The van der Waals surface area contributed by atoms with Crippen LogP contribution in [-0.4, -0.2) is 23.3 Å². The SMILES string of the molecule is CCNCCCc1nnc(C2C3CCCC32)s1. The normalized spacial score (nSPS) is 30.5. The molecule has 0 saturated heterocycles. The summed E-state index contributed by atoms with van der Waals surface area (Å²) in [6.45, 7) is 4.31. The van der Waals surface area contributed by atoms with Gasteiger partial charge in [0.05, 0.1) is 0 Å². The zero-order valence-electron chi connectivity index (χ0n) is 10.5. The molecule has 0 radical (unpaired) electrons. The number of aryl methyl sites for hydroxylation is 1. The van der Waals surface area contributed by atoms with Gasteiger partial charge in [0.2, 0.25) is 0 Å². The molecule has 0 bridgehead atoms. The van der Waals surface area contributed by atoms with Crippen LogP contribution in [-0.2, 0) is 6.42 Å². The molecule has 2 unspecified atom stereocenters. The van der Waals surface area contributed by atoms with E-state index in [4.69, 9.17) is 0 Å². The van der Waals surface area contributed by atoms with E-state index in [-0.39, 0.29) is 0 Å². The third kappa shape index (κ3) is 2.38. The molecule has 1 heterocycles. The number of aromatic nitrogens is 2. The van der Waals surface area contributed by atoms with E-state index < -0.39 is 0 Å². The van der Waals surface area contributed by atoms with E-state index in [0.717, 1.165) is 37.3 Å². The molecule has 2 fully saturated rings. The van der Waals surface area contributed by atoms with Gasteiger partial charge in [0.25, 0.3) is 0 Å². The molecule has 1 aromatic rings. The smallest absolute Gasteiger partial charge is 0.121 e. The highest BCUT2D eigenvalue weighted by molar-refractivity contribution is 7.11. The Balaban J connectivity index is 1.49. The second-order valence-electron chi connectivity index (χ2n) is 5.28. The fourth-order valence-electron chi connectivity index (χ4n) is 3.23. The number of hydrogen-bond donors (Lipinski definition) is 1. The number of fused-ring (bicyclic) bond motifs is 1. The fraction of sp³-hybridized carbons (Fsp3) is 0.846. The van der Waals surface area contributed by atoms with Gasteiger partial charge in [-0.05, 0) is 44.2 Å². The highest BCUT2D eigenvalue weighted by Crippen LogP contribution is 2.63. The minimum absolute atomic E-state index is 0.795. The Hall–Kier alpha value is -0.480. The first-order valence-corrected chi connectivity index (χ1v) is 7.74. The number of hydrogen-bond acceptors (Lipinski definition) is 4. The standard InChI is InChI=1S/C13H21N3S/c1-2-14-8-4-7-11-15-16-13(17-11)12-9-5-3-6-10(9)12/h9-10,12,14H,2-8H2,1H3. The molecule has 0 spiro atoms. The Labute approximate surface area is 107 Å². The monoisotopic (exact) mass is 251 g/mol. The van der Waals surface area contributed by atoms with E-state index in [1.807, 2.05) is 11.3 Å². The van der Waals surface area contributed by atoms with E-state index in [1.165, 1.54) is 35.7 Å². The summed E-state index contributed by atoms with van der Waals surface area (Å²) in [4.78, 5) is 0. The Kier molecular flexibility index (Phi) is 3.43. The molecule has 1 aromatic heterocycles. The largest absolute Gasteiger partial charge is 0.317 e. The second kappa shape index (κ2) is 5.02. The van der Waals surface area contributed by atoms with Crippen molar-refractivity contribution < 1.29 is 0 Å². The van der Waals surface area contributed by atoms with Crippen LogP contribution in [0.4, 0.5) is 0 Å². The topological polar surface area (TPSA) is 37.8 Å². The summed E-state index contributed by atoms with van der Waals surface area (Å²) in [5.74, 6) is 2.74. The first-order chi connectivity index (χ1) is 8.40. The average molecular weight is 251 g/mol. The van der Waals surface area contributed by atoms with Crippen LogP contribution in [0.3, 0.4) is 0 Å². The van der Waals surface area contributed by atoms with Gasteiger partial charge in [-0.1, -0.05) is 13.3 Å². The summed E-state index contributed by atoms with van der Waals surface area (Å²) < 4.78 is 0. The van der Waals surface area contributed by atoms with Gasteiger partial charge in [0, 0.05) is 12.3 Å². The van der Waals surface area contributed by atoms with Crippen molar-refractivity contribution in [2.75, 3.05) is 13.1 Å². The van der Waals surface area contributed by atoms with Crippen molar-refractivity contribution in [2.45, 2.75) is 44.9 Å². The maximum absolute atomic E-state index is 4.41. The summed E-state index contributed by atoms with van der Waals surface area (Å²) in [5.41, 5.74) is 0. The Morgan fingerprint density at radius 2 is 2.12 bits per heavy atom. The van der Waals surface area contributed by atoms with Gasteiger partial charge < -0.3 is 5.32 Å². The molecule has 4 heteroatoms. The van der Waals surface area contributed by atoms with Crippen LogP contribution in [0.2, 0.25) is 0 Å². The van der Waals surface area contributed by atoms with Crippen molar-refractivity contribution in [1.82, 2.24) is 15.5 Å². The van der Waals surface area contributed by atoms with E-state index >= 15 is 0 Å². The first kappa shape index (κ1) is 11.6. The van der Waals surface area contributed by atoms with Gasteiger partial charge in [0.15, 0.2) is 0 Å². The second-order valence-corrected chi connectivity index (χ2v) is 6.37. The third-order valence-electron chi connectivity index (χ3n) is 4.17. The van der Waals surface area contributed by atoms with Crippen LogP contribution in [0.25, 0.3) is 0 Å². The summed E-state index contributed by atoms with van der Waals surface area (Å²) in [7, 11) is 0. The van der Waals surface area contributed by atoms with Crippen LogP contribution in [0, 0.1) is 11.8 Å². The van der Waals surface area contributed by atoms with Gasteiger partial charge in [0.1, 0.15) is 10.0 Å². The van der Waals surface area contributed by atoms with Crippen molar-refractivity contribution in [3.8, 4) is 0 Å². The van der Waals surface area contributed by atoms with Crippen LogP contribution in [0.5, 0.6) is 0 Å². The highest BCUT2D eigenvalue weighted by Gasteiger charge is 2.54. The molecular formula is C13H21N3S. The molecular weight excluding hydrogens is 230 g/mol. The molecule has 0 aromatic carbocycles. The minimum atomic E-state index is 0.795. The van der Waals surface area contributed by atoms with Gasteiger partial charge in [-0.3, -0.25) is 0 Å². The maximum atomic E-state index is 4.41. The van der Waals surface area contributed by atoms with E-state index in [2.05, 4.69) is 22.4 Å². The van der Waals surface area contributed by atoms with Gasteiger partial charge in [-0.15, -0.1) is 21.5 Å². The predicted molar refractivity (Wildman–Crippen MR) is 70.3 cm³/mol. The minimum Gasteiger partial charge on any atom is -0.317 e. The predicted octanol–water partition coefficient (Wildman–Crippen LogP) is 2.59. The van der Waals surface area contributed by atoms with E-state index in [1.54, 1.807) is 0 Å².